The molecule has 2 aromatic heterocycles. The van der Waals surface area contributed by atoms with E-state index in [2.05, 4.69) is 15.4 Å². The van der Waals surface area contributed by atoms with Crippen LogP contribution < -0.4 is 5.32 Å². The number of ether oxygens (including phenoxy) is 1. The molecule has 1 unspecified atom stereocenters. The molecule has 3 rings (SSSR count). The van der Waals surface area contributed by atoms with Crippen LogP contribution in [0.5, 0.6) is 0 Å². The highest BCUT2D eigenvalue weighted by Gasteiger charge is 2.25. The highest BCUT2D eigenvalue weighted by molar-refractivity contribution is 7.10. The normalized spacial score (nSPS) is 15.8. The summed E-state index contributed by atoms with van der Waals surface area (Å²) >= 11 is 1.67. The number of aromatic nitrogens is 1. The maximum Gasteiger partial charge on any atom is 0.252 e. The average Bonchev–Trinajstić information content (AvgIpc) is 3.13. The summed E-state index contributed by atoms with van der Waals surface area (Å²) < 4.78 is 10.3. The first-order valence-corrected chi connectivity index (χ1v) is 9.40. The molecule has 1 aliphatic rings. The fourth-order valence-corrected chi connectivity index (χ4v) is 4.37. The molecule has 25 heavy (non-hydrogen) atoms. The summed E-state index contributed by atoms with van der Waals surface area (Å²) in [6.07, 6.45) is 0.892. The number of carbonyl (C=O) groups excluding carboxylic acids is 1. The molecule has 0 aromatic carbocycles. The molecule has 0 spiro atoms. The first-order chi connectivity index (χ1) is 12.0. The Hall–Kier alpha value is -1.70. The lowest BCUT2D eigenvalue weighted by Crippen LogP contribution is -2.36. The summed E-state index contributed by atoms with van der Waals surface area (Å²) in [6.45, 7) is 9.04. The van der Waals surface area contributed by atoms with Gasteiger partial charge in [-0.25, -0.2) is 0 Å². The predicted molar refractivity (Wildman–Crippen MR) is 96.9 cm³/mol. The number of methoxy groups -OCH3 is 1. The van der Waals surface area contributed by atoms with E-state index in [4.69, 9.17) is 9.26 Å². The van der Waals surface area contributed by atoms with E-state index in [1.807, 2.05) is 26.2 Å². The number of thiophene rings is 1. The van der Waals surface area contributed by atoms with E-state index in [1.165, 1.54) is 16.0 Å². The number of hydrogen-bond donors (Lipinski definition) is 1. The molecule has 0 saturated heterocycles. The van der Waals surface area contributed by atoms with Gasteiger partial charge in [-0.15, -0.1) is 11.3 Å². The molecule has 7 heteroatoms. The monoisotopic (exact) mass is 363 g/mol. The Balaban J connectivity index is 1.67. The largest absolute Gasteiger partial charge is 0.383 e. The second-order valence-corrected chi connectivity index (χ2v) is 7.61. The van der Waals surface area contributed by atoms with Gasteiger partial charge >= 0.3 is 0 Å². The lowest BCUT2D eigenvalue weighted by atomic mass is 10.0. The molecule has 1 N–H and O–H groups in total. The molecular formula is C18H25N3O3S. The smallest absolute Gasteiger partial charge is 0.252 e. The van der Waals surface area contributed by atoms with Crippen LogP contribution in [0.1, 0.15) is 44.7 Å². The molecule has 0 aliphatic carbocycles. The number of hydrogen-bond acceptors (Lipinski definition) is 6. The second kappa shape index (κ2) is 7.68. The lowest BCUT2D eigenvalue weighted by Gasteiger charge is -2.27. The van der Waals surface area contributed by atoms with Gasteiger partial charge in [-0.05, 0) is 32.8 Å². The zero-order valence-corrected chi connectivity index (χ0v) is 16.0. The standard InChI is InChI=1S/C18H25N3O3S/c1-11(9-23-4)19-18(22)16-10-25-17-8-21(6-5-14(16)17)7-15-12(2)20-24-13(15)3/h10-11H,5-9H2,1-4H3,(H,19,22). The van der Waals surface area contributed by atoms with Gasteiger partial charge in [-0.2, -0.15) is 0 Å². The number of fused-ring (bicyclic) bond motifs is 1. The van der Waals surface area contributed by atoms with Crippen LogP contribution in [0.4, 0.5) is 0 Å². The Labute approximate surface area is 152 Å². The van der Waals surface area contributed by atoms with Crippen molar-refractivity contribution in [3.8, 4) is 0 Å². The zero-order chi connectivity index (χ0) is 18.0. The third-order valence-corrected chi connectivity index (χ3v) is 5.64. The molecule has 0 radical (unpaired) electrons. The fraction of sp³-hybridized carbons (Fsp3) is 0.556. The summed E-state index contributed by atoms with van der Waals surface area (Å²) in [6, 6.07) is 0.00711. The Morgan fingerprint density at radius 3 is 3.00 bits per heavy atom. The Morgan fingerprint density at radius 1 is 1.52 bits per heavy atom. The van der Waals surface area contributed by atoms with Crippen molar-refractivity contribution >= 4 is 17.2 Å². The minimum atomic E-state index is 0.00113. The maximum absolute atomic E-state index is 12.5. The Morgan fingerprint density at radius 2 is 2.32 bits per heavy atom. The minimum Gasteiger partial charge on any atom is -0.383 e. The Bertz CT molecular complexity index is 733. The number of aryl methyl sites for hydroxylation is 2. The van der Waals surface area contributed by atoms with Crippen LogP contribution in [0.25, 0.3) is 0 Å². The predicted octanol–water partition coefficient (Wildman–Crippen LogP) is 2.68. The quantitative estimate of drug-likeness (QED) is 0.855. The highest BCUT2D eigenvalue weighted by Crippen LogP contribution is 2.30. The summed E-state index contributed by atoms with van der Waals surface area (Å²) in [7, 11) is 1.64. The Kier molecular flexibility index (Phi) is 5.56. The number of amides is 1. The first-order valence-electron chi connectivity index (χ1n) is 8.52. The third kappa shape index (κ3) is 3.94. The summed E-state index contributed by atoms with van der Waals surface area (Å²) in [5, 5.41) is 9.02. The lowest BCUT2D eigenvalue weighted by molar-refractivity contribution is 0.0904. The van der Waals surface area contributed by atoms with E-state index >= 15 is 0 Å². The molecule has 2 aromatic rings. The van der Waals surface area contributed by atoms with Gasteiger partial charge in [-0.3, -0.25) is 9.69 Å². The molecule has 0 saturated carbocycles. The van der Waals surface area contributed by atoms with E-state index in [-0.39, 0.29) is 11.9 Å². The molecule has 6 nitrogen and oxygen atoms in total. The summed E-state index contributed by atoms with van der Waals surface area (Å²) in [5.41, 5.74) is 4.15. The van der Waals surface area contributed by atoms with Gasteiger partial charge in [0, 0.05) is 48.6 Å². The van der Waals surface area contributed by atoms with Crippen molar-refractivity contribution in [1.29, 1.82) is 0 Å². The van der Waals surface area contributed by atoms with Crippen LogP contribution in [0.2, 0.25) is 0 Å². The fourth-order valence-electron chi connectivity index (χ4n) is 3.25. The number of nitrogens with zero attached hydrogens (tertiary/aromatic N) is 2. The summed E-state index contributed by atoms with van der Waals surface area (Å²) in [5.74, 6) is 0.892. The van der Waals surface area contributed by atoms with Gasteiger partial charge in [0.2, 0.25) is 0 Å². The number of rotatable bonds is 6. The van der Waals surface area contributed by atoms with E-state index in [0.29, 0.717) is 6.61 Å². The average molecular weight is 363 g/mol. The zero-order valence-electron chi connectivity index (χ0n) is 15.2. The van der Waals surface area contributed by atoms with E-state index < -0.39 is 0 Å². The SMILES string of the molecule is COCC(C)NC(=O)c1csc2c1CCN(Cc1c(C)noc1C)C2. The summed E-state index contributed by atoms with van der Waals surface area (Å²) in [4.78, 5) is 16.2. The van der Waals surface area contributed by atoms with Gasteiger partial charge in [-0.1, -0.05) is 5.16 Å². The molecular weight excluding hydrogens is 338 g/mol. The molecule has 136 valence electrons. The van der Waals surface area contributed by atoms with Crippen molar-refractivity contribution in [2.75, 3.05) is 20.3 Å². The van der Waals surface area contributed by atoms with E-state index in [1.54, 1.807) is 18.4 Å². The van der Waals surface area contributed by atoms with E-state index in [9.17, 15) is 4.79 Å². The van der Waals surface area contributed by atoms with Crippen molar-refractivity contribution in [2.24, 2.45) is 0 Å². The van der Waals surface area contributed by atoms with Crippen LogP contribution in [-0.2, 0) is 24.2 Å². The molecule has 1 amide bonds. The highest BCUT2D eigenvalue weighted by atomic mass is 32.1. The molecule has 3 heterocycles. The van der Waals surface area contributed by atoms with Gasteiger partial charge in [0.05, 0.1) is 17.9 Å². The van der Waals surface area contributed by atoms with Crippen LogP contribution in [0.15, 0.2) is 9.90 Å². The van der Waals surface area contributed by atoms with Crippen molar-refractivity contribution in [2.45, 2.75) is 46.3 Å². The molecule has 1 atom stereocenters. The van der Waals surface area contributed by atoms with Crippen molar-refractivity contribution in [1.82, 2.24) is 15.4 Å². The van der Waals surface area contributed by atoms with Gasteiger partial charge in [0.1, 0.15) is 5.76 Å². The third-order valence-electron chi connectivity index (χ3n) is 4.63. The van der Waals surface area contributed by atoms with Gasteiger partial charge in [0.15, 0.2) is 0 Å². The van der Waals surface area contributed by atoms with E-state index in [0.717, 1.165) is 43.1 Å². The van der Waals surface area contributed by atoms with Crippen molar-refractivity contribution < 1.29 is 14.1 Å². The molecule has 0 bridgehead atoms. The van der Waals surface area contributed by atoms with Crippen LogP contribution in [0, 0.1) is 13.8 Å². The second-order valence-electron chi connectivity index (χ2n) is 6.64. The van der Waals surface area contributed by atoms with Gasteiger partial charge in [0.25, 0.3) is 5.91 Å². The first kappa shape index (κ1) is 18.1. The van der Waals surface area contributed by atoms with Gasteiger partial charge < -0.3 is 14.6 Å². The van der Waals surface area contributed by atoms with Crippen LogP contribution in [-0.4, -0.2) is 42.3 Å². The van der Waals surface area contributed by atoms with Crippen LogP contribution >= 0.6 is 11.3 Å². The molecule has 1 aliphatic heterocycles. The van der Waals surface area contributed by atoms with Crippen molar-refractivity contribution in [3.63, 3.8) is 0 Å². The maximum atomic E-state index is 12.5. The minimum absolute atomic E-state index is 0.00113. The van der Waals surface area contributed by atoms with Crippen molar-refractivity contribution in [3.05, 3.63) is 38.4 Å². The van der Waals surface area contributed by atoms with Crippen LogP contribution in [0.3, 0.4) is 0 Å². The number of nitrogens with one attached hydrogen (secondary N) is 1. The molecule has 0 fully saturated rings. The number of carbonyl (C=O) groups is 1. The topological polar surface area (TPSA) is 67.6 Å².